The van der Waals surface area contributed by atoms with Gasteiger partial charge < -0.3 is 24.7 Å². The van der Waals surface area contributed by atoms with Crippen molar-refractivity contribution in [3.63, 3.8) is 0 Å². The number of hydrogen-bond donors (Lipinski definition) is 2. The van der Waals surface area contributed by atoms with E-state index in [1.54, 1.807) is 59.7 Å². The molecule has 14 heteroatoms. The summed E-state index contributed by atoms with van der Waals surface area (Å²) in [6, 6.07) is 5.10. The number of carbonyl (C=O) groups excluding carboxylic acids is 3. The van der Waals surface area contributed by atoms with Gasteiger partial charge in [0.25, 0.3) is 5.56 Å². The highest BCUT2D eigenvalue weighted by Gasteiger charge is 2.52. The summed E-state index contributed by atoms with van der Waals surface area (Å²) in [7, 11) is 0. The number of esters is 3. The van der Waals surface area contributed by atoms with Gasteiger partial charge in [-0.25, -0.2) is 4.98 Å². The van der Waals surface area contributed by atoms with Crippen molar-refractivity contribution >= 4 is 35.0 Å². The Morgan fingerprint density at radius 3 is 2.20 bits per heavy atom. The molecule has 1 saturated heterocycles. The number of aromatic amines is 1. The molecule has 4 atom stereocenters. The third-order valence-electron chi connectivity index (χ3n) is 6.31. The minimum atomic E-state index is -1.25. The average molecular weight is 571 g/mol. The highest BCUT2D eigenvalue weighted by atomic mass is 16.7. The minimum absolute atomic E-state index is 0.0243. The molecule has 0 aromatic carbocycles. The molecule has 4 rings (SSSR count). The van der Waals surface area contributed by atoms with Crippen LogP contribution in [0.3, 0.4) is 0 Å². The summed E-state index contributed by atoms with van der Waals surface area (Å²) in [5.41, 5.74) is 5.58. The molecular formula is C27H34N6O8. The van der Waals surface area contributed by atoms with Crippen LogP contribution in [-0.4, -0.2) is 67.3 Å². The predicted molar refractivity (Wildman–Crippen MR) is 145 cm³/mol. The van der Waals surface area contributed by atoms with Crippen molar-refractivity contribution in [2.75, 3.05) is 12.3 Å². The fourth-order valence-corrected chi connectivity index (χ4v) is 4.11. The van der Waals surface area contributed by atoms with E-state index >= 15 is 0 Å². The van der Waals surface area contributed by atoms with Crippen molar-refractivity contribution in [3.05, 3.63) is 34.7 Å². The number of nitrogens with zero attached hydrogens (tertiary/aromatic N) is 4. The van der Waals surface area contributed by atoms with Crippen LogP contribution in [0.4, 0.5) is 5.95 Å². The Hall–Kier alpha value is -4.33. The Morgan fingerprint density at radius 2 is 1.61 bits per heavy atom. The van der Waals surface area contributed by atoms with Crippen LogP contribution in [0.1, 0.15) is 47.8 Å². The first-order chi connectivity index (χ1) is 19.4. The molecule has 41 heavy (non-hydrogen) atoms. The largest absolute Gasteiger partial charge is 0.463 e. The van der Waals surface area contributed by atoms with Crippen LogP contribution in [0.25, 0.3) is 22.7 Å². The maximum atomic E-state index is 12.9. The van der Waals surface area contributed by atoms with Crippen LogP contribution in [0.2, 0.25) is 0 Å². The van der Waals surface area contributed by atoms with Gasteiger partial charge in [0.2, 0.25) is 5.95 Å². The lowest BCUT2D eigenvalue weighted by molar-refractivity contribution is -0.173. The van der Waals surface area contributed by atoms with Crippen LogP contribution in [0.5, 0.6) is 0 Å². The van der Waals surface area contributed by atoms with E-state index in [1.807, 2.05) is 0 Å². The van der Waals surface area contributed by atoms with Gasteiger partial charge >= 0.3 is 17.9 Å². The van der Waals surface area contributed by atoms with Crippen LogP contribution in [-0.2, 0) is 33.3 Å². The Labute approximate surface area is 235 Å². The number of aromatic nitrogens is 5. The summed E-state index contributed by atoms with van der Waals surface area (Å²) in [5.74, 6) is -3.18. The van der Waals surface area contributed by atoms with Crippen molar-refractivity contribution in [1.29, 1.82) is 0 Å². The van der Waals surface area contributed by atoms with Gasteiger partial charge in [-0.1, -0.05) is 47.6 Å². The molecule has 1 aliphatic heterocycles. The van der Waals surface area contributed by atoms with E-state index in [-0.39, 0.29) is 29.5 Å². The summed E-state index contributed by atoms with van der Waals surface area (Å²) in [6.45, 7) is 9.65. The highest BCUT2D eigenvalue weighted by Crippen LogP contribution is 2.39. The van der Waals surface area contributed by atoms with E-state index in [0.717, 1.165) is 0 Å². The molecule has 0 bridgehead atoms. The summed E-state index contributed by atoms with van der Waals surface area (Å²) in [4.78, 5) is 66.4. The van der Waals surface area contributed by atoms with Crippen molar-refractivity contribution in [2.45, 2.75) is 66.1 Å². The average Bonchev–Trinajstić information content (AvgIpc) is 3.45. The summed E-state index contributed by atoms with van der Waals surface area (Å²) in [5, 5.41) is 0. The molecular weight excluding hydrogens is 536 g/mol. The molecule has 0 amide bonds. The molecule has 220 valence electrons. The first-order valence-electron chi connectivity index (χ1n) is 13.3. The zero-order chi connectivity index (χ0) is 30.0. The third kappa shape index (κ3) is 6.21. The predicted octanol–water partition coefficient (Wildman–Crippen LogP) is 2.00. The van der Waals surface area contributed by atoms with Gasteiger partial charge in [0.1, 0.15) is 18.4 Å². The molecule has 0 spiro atoms. The first-order valence-corrected chi connectivity index (χ1v) is 13.3. The molecule has 14 nitrogen and oxygen atoms in total. The fourth-order valence-electron chi connectivity index (χ4n) is 4.11. The first kappa shape index (κ1) is 29.6. The second kappa shape index (κ2) is 12.0. The second-order valence-electron chi connectivity index (χ2n) is 10.6. The lowest BCUT2D eigenvalue weighted by Crippen LogP contribution is -2.42. The molecule has 3 aromatic heterocycles. The van der Waals surface area contributed by atoms with Crippen LogP contribution < -0.4 is 11.3 Å². The molecule has 4 heterocycles. The standard InChI is InChI=1S/C27H34N6O8/c1-12(2)24(35)38-11-16-18(40-25(36)13(3)4)19(41-26(37)14(5)6)23(39-16)33-20(15-9-7-8-10-29-15)30-17-21(33)31-27(28)32-22(17)34/h7-10,12-14,16,18-19,23H,11H2,1-6H3,(H3,28,31,32,34)/t16-,18+,19-,23?/m0/s1. The Morgan fingerprint density at radius 1 is 0.976 bits per heavy atom. The topological polar surface area (TPSA) is 191 Å². The zero-order valence-corrected chi connectivity index (χ0v) is 23.7. The van der Waals surface area contributed by atoms with E-state index in [2.05, 4.69) is 19.9 Å². The van der Waals surface area contributed by atoms with Crippen molar-refractivity contribution in [1.82, 2.24) is 24.5 Å². The smallest absolute Gasteiger partial charge is 0.308 e. The van der Waals surface area contributed by atoms with E-state index in [0.29, 0.717) is 5.69 Å². The molecule has 3 N–H and O–H groups in total. The van der Waals surface area contributed by atoms with Gasteiger partial charge in [-0.2, -0.15) is 4.98 Å². The molecule has 1 unspecified atom stereocenters. The molecule has 0 saturated carbocycles. The number of ether oxygens (including phenoxy) is 4. The Kier molecular flexibility index (Phi) is 8.71. The number of nitrogen functional groups attached to an aromatic ring is 1. The number of imidazole rings is 1. The molecule has 3 aromatic rings. The van der Waals surface area contributed by atoms with Crippen LogP contribution in [0.15, 0.2) is 29.2 Å². The third-order valence-corrected chi connectivity index (χ3v) is 6.31. The van der Waals surface area contributed by atoms with Gasteiger partial charge in [-0.3, -0.25) is 33.7 Å². The van der Waals surface area contributed by atoms with Crippen molar-refractivity contribution in [2.24, 2.45) is 17.8 Å². The molecule has 1 aliphatic rings. The maximum absolute atomic E-state index is 12.9. The van der Waals surface area contributed by atoms with E-state index < -0.39 is 65.8 Å². The SMILES string of the molecule is CC(C)C(=O)OC[C@@H]1OC(n2c(-c3ccccn3)nc3c(=O)[nH]c(N)nc32)[C@@H](OC(=O)C(C)C)[C@@H]1OC(=O)C(C)C. The zero-order valence-electron chi connectivity index (χ0n) is 23.7. The number of carbonyl (C=O) groups is 3. The Balaban J connectivity index is 1.91. The van der Waals surface area contributed by atoms with E-state index in [4.69, 9.17) is 24.7 Å². The summed E-state index contributed by atoms with van der Waals surface area (Å²) >= 11 is 0. The van der Waals surface area contributed by atoms with Gasteiger partial charge in [-0.15, -0.1) is 0 Å². The number of anilines is 1. The number of nitrogens with one attached hydrogen (secondary N) is 1. The van der Waals surface area contributed by atoms with E-state index in [1.165, 1.54) is 10.8 Å². The van der Waals surface area contributed by atoms with E-state index in [9.17, 15) is 19.2 Å². The van der Waals surface area contributed by atoms with Crippen molar-refractivity contribution < 1.29 is 33.3 Å². The number of pyridine rings is 1. The monoisotopic (exact) mass is 570 g/mol. The lowest BCUT2D eigenvalue weighted by Gasteiger charge is -2.26. The number of hydrogen-bond acceptors (Lipinski definition) is 12. The highest BCUT2D eigenvalue weighted by molar-refractivity contribution is 5.77. The normalized spacial score (nSPS) is 20.6. The van der Waals surface area contributed by atoms with Gasteiger partial charge in [0.05, 0.1) is 17.8 Å². The summed E-state index contributed by atoms with van der Waals surface area (Å²) < 4.78 is 24.9. The van der Waals surface area contributed by atoms with Crippen molar-refractivity contribution in [3.8, 4) is 11.5 Å². The van der Waals surface area contributed by atoms with Crippen LogP contribution in [0, 0.1) is 17.8 Å². The van der Waals surface area contributed by atoms with Gasteiger partial charge in [-0.05, 0) is 12.1 Å². The maximum Gasteiger partial charge on any atom is 0.308 e. The minimum Gasteiger partial charge on any atom is -0.463 e. The second-order valence-corrected chi connectivity index (χ2v) is 10.6. The number of fused-ring (bicyclic) bond motifs is 1. The van der Waals surface area contributed by atoms with Gasteiger partial charge in [0.15, 0.2) is 35.4 Å². The molecule has 1 fully saturated rings. The lowest BCUT2D eigenvalue weighted by atomic mass is 10.1. The summed E-state index contributed by atoms with van der Waals surface area (Å²) in [6.07, 6.45) is -3.19. The number of rotatable bonds is 9. The quantitative estimate of drug-likeness (QED) is 0.281. The van der Waals surface area contributed by atoms with Gasteiger partial charge in [0, 0.05) is 6.20 Å². The number of H-pyrrole nitrogens is 1. The number of nitrogens with two attached hydrogens (primary N) is 1. The van der Waals surface area contributed by atoms with Crippen LogP contribution >= 0.6 is 0 Å². The molecule has 0 radical (unpaired) electrons. The molecule has 0 aliphatic carbocycles. The fraction of sp³-hybridized carbons (Fsp3) is 0.519. The Bertz CT molecular complexity index is 1480.